The number of likely N-dealkylation sites (N-methyl/N-ethyl adjacent to an activating group) is 1. The molecule has 0 atom stereocenters. The number of piperazine rings is 1. The molecule has 0 aromatic heterocycles. The largest absolute Gasteiger partial charge is 0.370 e. The highest BCUT2D eigenvalue weighted by Crippen LogP contribution is 2.31. The van der Waals surface area contributed by atoms with Crippen LogP contribution < -0.4 is 10.2 Å². The molecule has 2 fully saturated rings. The second kappa shape index (κ2) is 8.94. The van der Waals surface area contributed by atoms with Gasteiger partial charge in [0.25, 0.3) is 5.91 Å². The first-order valence-electron chi connectivity index (χ1n) is 10.5. The van der Waals surface area contributed by atoms with Crippen LogP contribution >= 0.6 is 0 Å². The maximum atomic E-state index is 14.6. The molecular weight excluding hydrogens is 419 g/mol. The molecule has 0 saturated carbocycles. The van der Waals surface area contributed by atoms with Gasteiger partial charge in [0.2, 0.25) is 10.0 Å². The van der Waals surface area contributed by atoms with E-state index in [9.17, 15) is 17.6 Å². The van der Waals surface area contributed by atoms with Gasteiger partial charge in [-0.2, -0.15) is 4.31 Å². The lowest BCUT2D eigenvalue weighted by Gasteiger charge is -2.31. The summed E-state index contributed by atoms with van der Waals surface area (Å²) in [6.07, 6.45) is 2.05. The Hall–Kier alpha value is -2.49. The Bertz CT molecular complexity index is 1060. The third-order valence-corrected chi connectivity index (χ3v) is 7.77. The number of sulfonamides is 1. The number of rotatable bonds is 5. The molecule has 2 aromatic rings. The third-order valence-electron chi connectivity index (χ3n) is 5.87. The molecular formula is C22H27FN4O3S. The first-order valence-corrected chi connectivity index (χ1v) is 11.9. The molecule has 0 radical (unpaired) electrons. The van der Waals surface area contributed by atoms with E-state index in [2.05, 4.69) is 10.2 Å². The van der Waals surface area contributed by atoms with Crippen LogP contribution in [0.15, 0.2) is 47.4 Å². The average Bonchev–Trinajstić information content (AvgIpc) is 3.30. The van der Waals surface area contributed by atoms with Gasteiger partial charge in [-0.05, 0) is 50.2 Å². The van der Waals surface area contributed by atoms with E-state index in [1.54, 1.807) is 18.2 Å². The van der Waals surface area contributed by atoms with Crippen molar-refractivity contribution in [3.05, 3.63) is 53.8 Å². The monoisotopic (exact) mass is 446 g/mol. The minimum Gasteiger partial charge on any atom is -0.370 e. The second-order valence-electron chi connectivity index (χ2n) is 8.02. The van der Waals surface area contributed by atoms with Crippen LogP contribution in [0.25, 0.3) is 0 Å². The summed E-state index contributed by atoms with van der Waals surface area (Å²) >= 11 is 0. The van der Waals surface area contributed by atoms with Crippen LogP contribution in [0.4, 0.5) is 15.8 Å². The van der Waals surface area contributed by atoms with Crippen LogP contribution in [0.5, 0.6) is 0 Å². The van der Waals surface area contributed by atoms with Gasteiger partial charge in [0.15, 0.2) is 0 Å². The molecule has 2 aliphatic heterocycles. The molecule has 9 heteroatoms. The zero-order valence-electron chi connectivity index (χ0n) is 17.6. The van der Waals surface area contributed by atoms with Crippen LogP contribution in [0, 0.1) is 5.82 Å². The van der Waals surface area contributed by atoms with Gasteiger partial charge in [0.1, 0.15) is 11.5 Å². The van der Waals surface area contributed by atoms with Crippen LogP contribution in [0.2, 0.25) is 0 Å². The number of hydrogen-bond acceptors (Lipinski definition) is 5. The molecule has 1 amide bonds. The van der Waals surface area contributed by atoms with Gasteiger partial charge in [0.05, 0.1) is 10.6 Å². The number of hydrogen-bond donors (Lipinski definition) is 1. The Kier molecular flexibility index (Phi) is 6.27. The smallest absolute Gasteiger partial charge is 0.255 e. The number of nitrogens with zero attached hydrogens (tertiary/aromatic N) is 3. The summed E-state index contributed by atoms with van der Waals surface area (Å²) < 4.78 is 42.0. The Morgan fingerprint density at radius 3 is 2.35 bits per heavy atom. The maximum Gasteiger partial charge on any atom is 0.255 e. The van der Waals surface area contributed by atoms with Crippen LogP contribution in [-0.4, -0.2) is 69.8 Å². The third kappa shape index (κ3) is 4.58. The quantitative estimate of drug-likeness (QED) is 0.765. The van der Waals surface area contributed by atoms with E-state index < -0.39 is 21.7 Å². The zero-order chi connectivity index (χ0) is 22.0. The highest BCUT2D eigenvalue weighted by atomic mass is 32.2. The molecule has 2 aliphatic rings. The first-order chi connectivity index (χ1) is 14.9. The second-order valence-corrected chi connectivity index (χ2v) is 9.96. The van der Waals surface area contributed by atoms with E-state index in [1.165, 1.54) is 28.6 Å². The number of para-hydroxylation sites is 1. The Morgan fingerprint density at radius 2 is 1.65 bits per heavy atom. The molecule has 0 spiro atoms. The van der Waals surface area contributed by atoms with E-state index in [0.717, 1.165) is 25.9 Å². The Morgan fingerprint density at radius 1 is 0.968 bits per heavy atom. The van der Waals surface area contributed by atoms with Crippen LogP contribution in [0.1, 0.15) is 23.2 Å². The lowest BCUT2D eigenvalue weighted by atomic mass is 10.2. The van der Waals surface area contributed by atoms with Gasteiger partial charge in [-0.3, -0.25) is 4.79 Å². The SMILES string of the molecule is CN1CCN(S(=O)(=O)c2cccc(C(=O)Nc3c(F)cccc3N3CCCC3)c2)CC1. The molecule has 0 bridgehead atoms. The van der Waals surface area contributed by atoms with Crippen molar-refractivity contribution in [3.63, 3.8) is 0 Å². The average molecular weight is 447 g/mol. The highest BCUT2D eigenvalue weighted by Gasteiger charge is 2.28. The van der Waals surface area contributed by atoms with Crippen molar-refractivity contribution in [1.29, 1.82) is 0 Å². The van der Waals surface area contributed by atoms with Crippen molar-refractivity contribution >= 4 is 27.3 Å². The van der Waals surface area contributed by atoms with Gasteiger partial charge < -0.3 is 15.1 Å². The number of carbonyl (C=O) groups is 1. The number of carbonyl (C=O) groups excluding carboxylic acids is 1. The number of benzene rings is 2. The Balaban J connectivity index is 1.57. The fraction of sp³-hybridized carbons (Fsp3) is 0.409. The van der Waals surface area contributed by atoms with Gasteiger partial charge in [-0.1, -0.05) is 12.1 Å². The van der Waals surface area contributed by atoms with E-state index in [-0.39, 0.29) is 16.1 Å². The van der Waals surface area contributed by atoms with Crippen molar-refractivity contribution in [1.82, 2.24) is 9.21 Å². The lowest BCUT2D eigenvalue weighted by Crippen LogP contribution is -2.47. The molecule has 0 aliphatic carbocycles. The van der Waals surface area contributed by atoms with E-state index in [1.807, 2.05) is 11.9 Å². The molecule has 2 saturated heterocycles. The molecule has 4 rings (SSSR count). The highest BCUT2D eigenvalue weighted by molar-refractivity contribution is 7.89. The molecule has 0 unspecified atom stereocenters. The molecule has 7 nitrogen and oxygen atoms in total. The van der Waals surface area contributed by atoms with E-state index in [4.69, 9.17) is 0 Å². The van der Waals surface area contributed by atoms with Crippen molar-refractivity contribution in [2.24, 2.45) is 0 Å². The minimum atomic E-state index is -3.70. The van der Waals surface area contributed by atoms with Gasteiger partial charge in [0, 0.05) is 44.8 Å². The summed E-state index contributed by atoms with van der Waals surface area (Å²) in [5.74, 6) is -1.06. The fourth-order valence-corrected chi connectivity index (χ4v) is 5.49. The van der Waals surface area contributed by atoms with Crippen LogP contribution in [-0.2, 0) is 10.0 Å². The number of amides is 1. The van der Waals surface area contributed by atoms with Gasteiger partial charge in [-0.25, -0.2) is 12.8 Å². The van der Waals surface area contributed by atoms with Crippen molar-refractivity contribution < 1.29 is 17.6 Å². The number of halogens is 1. The van der Waals surface area contributed by atoms with Crippen molar-refractivity contribution in [2.45, 2.75) is 17.7 Å². The minimum absolute atomic E-state index is 0.0676. The molecule has 31 heavy (non-hydrogen) atoms. The fourth-order valence-electron chi connectivity index (χ4n) is 4.02. The Labute approximate surface area is 182 Å². The van der Waals surface area contributed by atoms with Crippen molar-refractivity contribution in [3.8, 4) is 0 Å². The van der Waals surface area contributed by atoms with Crippen LogP contribution in [0.3, 0.4) is 0 Å². The molecule has 2 heterocycles. The van der Waals surface area contributed by atoms with E-state index >= 15 is 0 Å². The summed E-state index contributed by atoms with van der Waals surface area (Å²) in [6.45, 7) is 3.75. The maximum absolute atomic E-state index is 14.6. The number of anilines is 2. The first kappa shape index (κ1) is 21.7. The normalized spacial score (nSPS) is 18.3. The summed E-state index contributed by atoms with van der Waals surface area (Å²) in [7, 11) is -1.75. The molecule has 2 aromatic carbocycles. The lowest BCUT2D eigenvalue weighted by molar-refractivity contribution is 0.102. The predicted octanol–water partition coefficient (Wildman–Crippen LogP) is 2.61. The van der Waals surface area contributed by atoms with E-state index in [0.29, 0.717) is 31.9 Å². The van der Waals surface area contributed by atoms with Gasteiger partial charge in [-0.15, -0.1) is 0 Å². The van der Waals surface area contributed by atoms with Gasteiger partial charge >= 0.3 is 0 Å². The van der Waals surface area contributed by atoms with Crippen molar-refractivity contribution in [2.75, 3.05) is 56.5 Å². The summed E-state index contributed by atoms with van der Waals surface area (Å²) in [5.41, 5.74) is 0.944. The zero-order valence-corrected chi connectivity index (χ0v) is 18.4. The predicted molar refractivity (Wildman–Crippen MR) is 118 cm³/mol. The summed E-state index contributed by atoms with van der Waals surface area (Å²) in [4.78, 5) is 17.1. The molecule has 1 N–H and O–H groups in total. The standard InChI is InChI=1S/C22H27FN4O3S/c1-25-12-14-27(15-13-25)31(29,30)18-7-4-6-17(16-18)22(28)24-21-19(23)8-5-9-20(21)26-10-2-3-11-26/h4-9,16H,2-3,10-15H2,1H3,(H,24,28). The summed E-state index contributed by atoms with van der Waals surface area (Å²) in [5, 5.41) is 2.67. The number of nitrogens with one attached hydrogen (secondary N) is 1. The summed E-state index contributed by atoms with van der Waals surface area (Å²) in [6, 6.07) is 10.7. The topological polar surface area (TPSA) is 73.0 Å². The molecule has 166 valence electrons.